The Morgan fingerprint density at radius 1 is 1.11 bits per heavy atom. The zero-order chi connectivity index (χ0) is 27.2. The molecule has 0 aliphatic heterocycles. The number of hydrogen-bond acceptors (Lipinski definition) is 6. The van der Waals surface area contributed by atoms with Crippen molar-refractivity contribution >= 4 is 40.1 Å². The first-order chi connectivity index (χ1) is 18.1. The molecule has 202 valence electrons. The molecule has 6 unspecified atom stereocenters. The summed E-state index contributed by atoms with van der Waals surface area (Å²) in [5, 5.41) is 3.77. The second kappa shape index (κ2) is 9.79. The SMILES string of the molecule is COC(=O)C(Cc1c[nH]c2ccccc12)NC(=O)CCC1(C)C(=O)CCC2C3CCC(=O)C3(C)CC(=O)C21. The Morgan fingerprint density at radius 3 is 2.61 bits per heavy atom. The third-order valence-corrected chi connectivity index (χ3v) is 9.79. The number of carbonyl (C=O) groups is 5. The van der Waals surface area contributed by atoms with Crippen LogP contribution in [0.1, 0.15) is 64.4 Å². The minimum atomic E-state index is -0.956. The van der Waals surface area contributed by atoms with Gasteiger partial charge in [-0.1, -0.05) is 32.0 Å². The molecule has 2 aromatic rings. The number of methoxy groups -OCH3 is 1. The first-order valence-corrected chi connectivity index (χ1v) is 13.6. The highest BCUT2D eigenvalue weighted by Crippen LogP contribution is 2.60. The molecule has 38 heavy (non-hydrogen) atoms. The third kappa shape index (κ3) is 4.28. The van der Waals surface area contributed by atoms with E-state index in [2.05, 4.69) is 10.3 Å². The van der Waals surface area contributed by atoms with E-state index < -0.39 is 28.8 Å². The van der Waals surface area contributed by atoms with Gasteiger partial charge in [0.1, 0.15) is 23.4 Å². The molecule has 3 aliphatic carbocycles. The molecule has 1 aromatic heterocycles. The van der Waals surface area contributed by atoms with Crippen molar-refractivity contribution in [2.45, 2.75) is 71.3 Å². The molecule has 6 atom stereocenters. The van der Waals surface area contributed by atoms with E-state index in [4.69, 9.17) is 4.74 Å². The fraction of sp³-hybridized carbons (Fsp3) is 0.567. The third-order valence-electron chi connectivity index (χ3n) is 9.79. The maximum atomic E-state index is 13.4. The van der Waals surface area contributed by atoms with Gasteiger partial charge in [-0.3, -0.25) is 19.2 Å². The van der Waals surface area contributed by atoms with Crippen LogP contribution in [0.25, 0.3) is 10.9 Å². The molecular formula is C30H36N2O6. The van der Waals surface area contributed by atoms with Crippen molar-refractivity contribution < 1.29 is 28.7 Å². The summed E-state index contributed by atoms with van der Waals surface area (Å²) in [5.41, 5.74) is 0.248. The quantitative estimate of drug-likeness (QED) is 0.537. The number of benzene rings is 1. The van der Waals surface area contributed by atoms with E-state index in [1.165, 1.54) is 7.11 Å². The van der Waals surface area contributed by atoms with Gasteiger partial charge in [-0.05, 0) is 42.7 Å². The minimum Gasteiger partial charge on any atom is -0.467 e. The number of fused-ring (bicyclic) bond motifs is 4. The molecule has 0 radical (unpaired) electrons. The number of aromatic amines is 1. The molecule has 8 heteroatoms. The molecule has 3 saturated carbocycles. The van der Waals surface area contributed by atoms with Gasteiger partial charge in [0.15, 0.2) is 0 Å². The van der Waals surface area contributed by atoms with Crippen molar-refractivity contribution in [2.75, 3.05) is 7.11 Å². The molecule has 1 amide bonds. The smallest absolute Gasteiger partial charge is 0.328 e. The van der Waals surface area contributed by atoms with Gasteiger partial charge < -0.3 is 15.0 Å². The predicted octanol–water partition coefficient (Wildman–Crippen LogP) is 3.71. The summed E-state index contributed by atoms with van der Waals surface area (Å²) in [7, 11) is 1.29. The van der Waals surface area contributed by atoms with Crippen LogP contribution in [-0.2, 0) is 35.1 Å². The standard InChI is InChI=1S/C30H36N2O6/c1-29(24(34)10-8-19-20-9-11-25(35)30(20,2)15-23(33)27(19)29)13-12-26(36)32-22(28(37)38-3)14-17-16-31-21-7-5-4-6-18(17)21/h4-7,16,19-20,22,27,31H,8-15H2,1-3H3,(H,32,36). The number of rotatable bonds is 7. The lowest BCUT2D eigenvalue weighted by Crippen LogP contribution is -2.56. The van der Waals surface area contributed by atoms with E-state index >= 15 is 0 Å². The molecule has 1 aromatic carbocycles. The number of aromatic nitrogens is 1. The molecule has 1 heterocycles. The number of nitrogens with one attached hydrogen (secondary N) is 2. The number of Topliss-reactive ketones (excluding diaryl/α,β-unsaturated/α-hetero) is 3. The van der Waals surface area contributed by atoms with Crippen molar-refractivity contribution in [1.82, 2.24) is 10.3 Å². The van der Waals surface area contributed by atoms with E-state index in [0.29, 0.717) is 19.3 Å². The van der Waals surface area contributed by atoms with Crippen LogP contribution in [0.15, 0.2) is 30.5 Å². The molecule has 3 aliphatic rings. The molecule has 0 bridgehead atoms. The van der Waals surface area contributed by atoms with Crippen LogP contribution in [0.2, 0.25) is 0 Å². The molecule has 8 nitrogen and oxygen atoms in total. The highest BCUT2D eigenvalue weighted by atomic mass is 16.5. The Morgan fingerprint density at radius 2 is 1.84 bits per heavy atom. The summed E-state index contributed by atoms with van der Waals surface area (Å²) in [6.45, 7) is 3.74. The number of amides is 1. The Bertz CT molecular complexity index is 1310. The number of para-hydroxylation sites is 1. The van der Waals surface area contributed by atoms with E-state index in [9.17, 15) is 24.0 Å². The van der Waals surface area contributed by atoms with Crippen LogP contribution in [0.5, 0.6) is 0 Å². The number of H-pyrrole nitrogens is 1. The topological polar surface area (TPSA) is 122 Å². The fourth-order valence-corrected chi connectivity index (χ4v) is 7.70. The first kappa shape index (κ1) is 26.3. The summed E-state index contributed by atoms with van der Waals surface area (Å²) in [6.07, 6.45) is 4.75. The van der Waals surface area contributed by atoms with E-state index in [1.54, 1.807) is 0 Å². The molecular weight excluding hydrogens is 484 g/mol. The predicted molar refractivity (Wildman–Crippen MR) is 140 cm³/mol. The van der Waals surface area contributed by atoms with Crippen molar-refractivity contribution in [3.63, 3.8) is 0 Å². The maximum Gasteiger partial charge on any atom is 0.328 e. The molecule has 0 saturated heterocycles. The van der Waals surface area contributed by atoms with Crippen LogP contribution in [0, 0.1) is 28.6 Å². The Balaban J connectivity index is 1.30. The lowest BCUT2D eigenvalue weighted by atomic mass is 9.48. The monoisotopic (exact) mass is 520 g/mol. The fourth-order valence-electron chi connectivity index (χ4n) is 7.70. The maximum absolute atomic E-state index is 13.4. The number of ketones is 3. The highest BCUT2D eigenvalue weighted by molar-refractivity contribution is 5.99. The molecule has 5 rings (SSSR count). The lowest BCUT2D eigenvalue weighted by molar-refractivity contribution is -0.160. The van der Waals surface area contributed by atoms with Crippen LogP contribution in [0.4, 0.5) is 0 Å². The van der Waals surface area contributed by atoms with Gasteiger partial charge in [0.2, 0.25) is 5.91 Å². The molecule has 3 fully saturated rings. The van der Waals surface area contributed by atoms with Crippen molar-refractivity contribution in [2.24, 2.45) is 28.6 Å². The second-order valence-electron chi connectivity index (χ2n) is 11.9. The number of ether oxygens (including phenoxy) is 1. The highest BCUT2D eigenvalue weighted by Gasteiger charge is 2.62. The largest absolute Gasteiger partial charge is 0.467 e. The second-order valence-corrected chi connectivity index (χ2v) is 11.9. The van der Waals surface area contributed by atoms with Gasteiger partial charge in [0.25, 0.3) is 0 Å². The lowest BCUT2D eigenvalue weighted by Gasteiger charge is -2.52. The summed E-state index contributed by atoms with van der Waals surface area (Å²) < 4.78 is 4.96. The van der Waals surface area contributed by atoms with Crippen molar-refractivity contribution in [3.05, 3.63) is 36.0 Å². The summed E-state index contributed by atoms with van der Waals surface area (Å²) >= 11 is 0. The number of hydrogen-bond donors (Lipinski definition) is 2. The minimum absolute atomic E-state index is 0.0103. The number of esters is 1. The van der Waals surface area contributed by atoms with Crippen molar-refractivity contribution in [3.8, 4) is 0 Å². The number of carbonyl (C=O) groups excluding carboxylic acids is 5. The summed E-state index contributed by atoms with van der Waals surface area (Å²) in [6, 6.07) is 6.85. The van der Waals surface area contributed by atoms with E-state index in [0.717, 1.165) is 22.9 Å². The zero-order valence-corrected chi connectivity index (χ0v) is 22.3. The van der Waals surface area contributed by atoms with Crippen LogP contribution < -0.4 is 5.32 Å². The Labute approximate surface area is 222 Å². The van der Waals surface area contributed by atoms with Crippen LogP contribution in [-0.4, -0.2) is 47.4 Å². The van der Waals surface area contributed by atoms with Gasteiger partial charge in [0, 0.05) is 66.0 Å². The average Bonchev–Trinajstić information content (AvgIpc) is 3.44. The van der Waals surface area contributed by atoms with Gasteiger partial charge in [-0.2, -0.15) is 0 Å². The van der Waals surface area contributed by atoms with Gasteiger partial charge in [-0.25, -0.2) is 4.79 Å². The van der Waals surface area contributed by atoms with Gasteiger partial charge in [-0.15, -0.1) is 0 Å². The van der Waals surface area contributed by atoms with Gasteiger partial charge >= 0.3 is 5.97 Å². The van der Waals surface area contributed by atoms with E-state index in [1.807, 2.05) is 44.3 Å². The zero-order valence-electron chi connectivity index (χ0n) is 22.3. The van der Waals surface area contributed by atoms with Crippen LogP contribution in [0.3, 0.4) is 0 Å². The Kier molecular flexibility index (Phi) is 6.78. The van der Waals surface area contributed by atoms with Crippen LogP contribution >= 0.6 is 0 Å². The average molecular weight is 521 g/mol. The van der Waals surface area contributed by atoms with E-state index in [-0.39, 0.29) is 60.8 Å². The summed E-state index contributed by atoms with van der Waals surface area (Å²) in [5.74, 6) is -1.12. The normalized spacial score (nSPS) is 31.6. The Hall–Kier alpha value is -3.29. The molecule has 0 spiro atoms. The first-order valence-electron chi connectivity index (χ1n) is 13.6. The van der Waals surface area contributed by atoms with Gasteiger partial charge in [0.05, 0.1) is 7.11 Å². The molecule has 2 N–H and O–H groups in total. The summed E-state index contributed by atoms with van der Waals surface area (Å²) in [4.78, 5) is 68.2. The van der Waals surface area contributed by atoms with Crippen molar-refractivity contribution in [1.29, 1.82) is 0 Å².